The van der Waals surface area contributed by atoms with Gasteiger partial charge in [-0.2, -0.15) is 8.42 Å². The van der Waals surface area contributed by atoms with Gasteiger partial charge in [-0.1, -0.05) is 46.3 Å². The summed E-state index contributed by atoms with van der Waals surface area (Å²) in [6, 6.07) is 14.8. The number of halogens is 6. The fraction of sp³-hybridized carbons (Fsp3) is 0.0370. The number of carbonyl (C=O) groups excluding carboxylic acids is 2. The predicted octanol–water partition coefficient (Wildman–Crippen LogP) is 6.29. The van der Waals surface area contributed by atoms with E-state index in [4.69, 9.17) is 0 Å². The van der Waals surface area contributed by atoms with Gasteiger partial charge in [0.15, 0.2) is 28.2 Å². The van der Waals surface area contributed by atoms with E-state index >= 15 is 0 Å². The SMILES string of the molecule is O=C1c2cccc3c(-n4cc(CBr)c5ccccc54)ccc(c23)C(=O)N1OS(=O)(=O)c1c(F)c(F)c(F)c(F)c1F. The van der Waals surface area contributed by atoms with Crippen molar-refractivity contribution in [3.05, 3.63) is 107 Å². The maximum atomic E-state index is 14.2. The van der Waals surface area contributed by atoms with E-state index in [-0.39, 0.29) is 21.6 Å². The summed E-state index contributed by atoms with van der Waals surface area (Å²) in [7, 11) is -5.92. The summed E-state index contributed by atoms with van der Waals surface area (Å²) in [5, 5.41) is 1.79. The molecule has 5 aromatic rings. The number of para-hydroxylation sites is 1. The quantitative estimate of drug-likeness (QED) is 0.0734. The monoisotopic (exact) mass is 650 g/mol. The van der Waals surface area contributed by atoms with Crippen molar-refractivity contribution < 1.29 is 44.2 Å². The first-order chi connectivity index (χ1) is 19.5. The molecular formula is C27H12BrF5N2O5S. The maximum Gasteiger partial charge on any atom is 0.324 e. The van der Waals surface area contributed by atoms with Gasteiger partial charge < -0.3 is 4.57 Å². The second kappa shape index (κ2) is 9.46. The first-order valence-corrected chi connectivity index (χ1v) is 14.1. The Bertz CT molecular complexity index is 2050. The number of amides is 2. The number of benzene rings is 4. The van der Waals surface area contributed by atoms with Gasteiger partial charge in [-0.05, 0) is 29.8 Å². The Kier molecular flexibility index (Phi) is 6.24. The molecule has 208 valence electrons. The molecule has 0 atom stereocenters. The zero-order valence-electron chi connectivity index (χ0n) is 20.1. The van der Waals surface area contributed by atoms with Crippen LogP contribution in [-0.2, 0) is 19.7 Å². The first-order valence-electron chi connectivity index (χ1n) is 11.5. The summed E-state index contributed by atoms with van der Waals surface area (Å²) >= 11 is 3.46. The van der Waals surface area contributed by atoms with E-state index in [1.54, 1.807) is 12.1 Å². The van der Waals surface area contributed by atoms with Crippen LogP contribution in [0.1, 0.15) is 26.3 Å². The molecule has 0 aliphatic carbocycles. The third-order valence-corrected chi connectivity index (χ3v) is 8.45. The highest BCUT2D eigenvalue weighted by molar-refractivity contribution is 9.08. The standard InChI is InChI=1S/C27H12BrF5N2O5S/c28-10-12-11-34(17-7-2-1-4-13(12)17)18-9-8-16-19-14(18)5-3-6-15(19)26(36)35(27(16)37)40-41(38,39)25-23(32)21(30)20(29)22(31)24(25)33/h1-9,11H,10H2. The Morgan fingerprint density at radius 3 is 1.98 bits per heavy atom. The van der Waals surface area contributed by atoms with Crippen molar-refractivity contribution in [2.75, 3.05) is 0 Å². The molecule has 0 N–H and O–H groups in total. The number of alkyl halides is 1. The summed E-state index contributed by atoms with van der Waals surface area (Å²) in [6.07, 6.45) is 1.88. The largest absolute Gasteiger partial charge is 0.324 e. The number of nitrogens with zero attached hydrogens (tertiary/aromatic N) is 2. The Hall–Kier alpha value is -4.14. The minimum Gasteiger partial charge on any atom is -0.316 e. The molecule has 0 spiro atoms. The van der Waals surface area contributed by atoms with Gasteiger partial charge in [0.25, 0.3) is 11.8 Å². The lowest BCUT2D eigenvalue weighted by molar-refractivity contribution is -0.0159. The summed E-state index contributed by atoms with van der Waals surface area (Å²) < 4.78 is 101. The molecule has 6 rings (SSSR count). The number of imide groups is 1. The molecule has 1 aliphatic rings. The van der Waals surface area contributed by atoms with E-state index in [1.165, 1.54) is 18.2 Å². The molecule has 1 aromatic heterocycles. The highest BCUT2D eigenvalue weighted by Crippen LogP contribution is 2.37. The molecule has 2 amide bonds. The van der Waals surface area contributed by atoms with Crippen molar-refractivity contribution in [1.82, 2.24) is 9.63 Å². The molecule has 0 radical (unpaired) electrons. The summed E-state index contributed by atoms with van der Waals surface area (Å²) in [5.41, 5.74) is 1.96. The van der Waals surface area contributed by atoms with Gasteiger partial charge in [0, 0.05) is 27.7 Å². The summed E-state index contributed by atoms with van der Waals surface area (Å²) in [4.78, 5) is 24.2. The zero-order chi connectivity index (χ0) is 29.4. The number of rotatable bonds is 5. The van der Waals surface area contributed by atoms with Gasteiger partial charge in [0.2, 0.25) is 5.82 Å². The Morgan fingerprint density at radius 1 is 0.732 bits per heavy atom. The topological polar surface area (TPSA) is 85.7 Å². The van der Waals surface area contributed by atoms with Crippen LogP contribution in [0, 0.1) is 29.1 Å². The Morgan fingerprint density at radius 2 is 1.32 bits per heavy atom. The maximum absolute atomic E-state index is 14.2. The molecule has 41 heavy (non-hydrogen) atoms. The lowest BCUT2D eigenvalue weighted by Gasteiger charge is -2.26. The molecule has 2 heterocycles. The van der Waals surface area contributed by atoms with Gasteiger partial charge >= 0.3 is 10.1 Å². The normalized spacial score (nSPS) is 13.6. The van der Waals surface area contributed by atoms with E-state index in [1.807, 2.05) is 35.0 Å². The lowest BCUT2D eigenvalue weighted by Crippen LogP contribution is -2.42. The van der Waals surface area contributed by atoms with Crippen LogP contribution in [0.15, 0.2) is 65.7 Å². The van der Waals surface area contributed by atoms with Crippen molar-refractivity contribution in [3.63, 3.8) is 0 Å². The molecule has 7 nitrogen and oxygen atoms in total. The molecule has 0 bridgehead atoms. The minimum atomic E-state index is -5.92. The summed E-state index contributed by atoms with van der Waals surface area (Å²) in [5.74, 6) is -15.8. The smallest absolute Gasteiger partial charge is 0.316 e. The molecule has 4 aromatic carbocycles. The van der Waals surface area contributed by atoms with E-state index in [9.17, 15) is 40.0 Å². The highest BCUT2D eigenvalue weighted by atomic mass is 79.9. The van der Waals surface area contributed by atoms with Crippen LogP contribution in [0.3, 0.4) is 0 Å². The fourth-order valence-electron chi connectivity index (χ4n) is 4.83. The van der Waals surface area contributed by atoms with Crippen LogP contribution < -0.4 is 0 Å². The van der Waals surface area contributed by atoms with Crippen LogP contribution in [0.5, 0.6) is 0 Å². The van der Waals surface area contributed by atoms with Gasteiger partial charge in [0.05, 0.1) is 22.3 Å². The molecule has 0 unspecified atom stereocenters. The van der Waals surface area contributed by atoms with Crippen LogP contribution in [0.4, 0.5) is 22.0 Å². The number of fused-ring (bicyclic) bond motifs is 1. The van der Waals surface area contributed by atoms with Crippen LogP contribution >= 0.6 is 15.9 Å². The molecule has 14 heteroatoms. The van der Waals surface area contributed by atoms with E-state index < -0.39 is 55.9 Å². The van der Waals surface area contributed by atoms with Crippen molar-refractivity contribution >= 4 is 59.5 Å². The number of hydrogen-bond acceptors (Lipinski definition) is 5. The Balaban J connectivity index is 1.48. The van der Waals surface area contributed by atoms with E-state index in [2.05, 4.69) is 20.2 Å². The second-order valence-corrected chi connectivity index (χ2v) is 10.9. The summed E-state index contributed by atoms with van der Waals surface area (Å²) in [6.45, 7) is 0. The molecule has 1 aliphatic heterocycles. The molecule has 0 saturated heterocycles. The van der Waals surface area contributed by atoms with Gasteiger partial charge in [-0.25, -0.2) is 22.0 Å². The van der Waals surface area contributed by atoms with Crippen molar-refractivity contribution in [3.8, 4) is 5.69 Å². The molecule has 0 saturated carbocycles. The van der Waals surface area contributed by atoms with Crippen molar-refractivity contribution in [2.24, 2.45) is 0 Å². The van der Waals surface area contributed by atoms with Gasteiger partial charge in [0.1, 0.15) is 0 Å². The molecule has 0 fully saturated rings. The third-order valence-electron chi connectivity index (χ3n) is 6.64. The predicted molar refractivity (Wildman–Crippen MR) is 138 cm³/mol. The van der Waals surface area contributed by atoms with E-state index in [0.29, 0.717) is 16.4 Å². The Labute approximate surface area is 235 Å². The van der Waals surface area contributed by atoms with Gasteiger partial charge in [-0.3, -0.25) is 9.59 Å². The van der Waals surface area contributed by atoms with Crippen LogP contribution in [-0.4, -0.2) is 29.9 Å². The molecular weight excluding hydrogens is 639 g/mol. The number of aromatic nitrogens is 1. The van der Waals surface area contributed by atoms with Crippen LogP contribution in [0.2, 0.25) is 0 Å². The lowest BCUT2D eigenvalue weighted by atomic mass is 9.94. The van der Waals surface area contributed by atoms with Crippen molar-refractivity contribution in [2.45, 2.75) is 10.2 Å². The number of hydrogen-bond donors (Lipinski definition) is 0. The number of hydroxylamine groups is 2. The average Bonchev–Trinajstić information content (AvgIpc) is 3.34. The average molecular weight is 651 g/mol. The highest BCUT2D eigenvalue weighted by Gasteiger charge is 2.42. The second-order valence-electron chi connectivity index (χ2n) is 8.87. The van der Waals surface area contributed by atoms with E-state index in [0.717, 1.165) is 16.5 Å². The third kappa shape index (κ3) is 3.89. The number of carbonyl (C=O) groups is 2. The van der Waals surface area contributed by atoms with Crippen molar-refractivity contribution in [1.29, 1.82) is 0 Å². The zero-order valence-corrected chi connectivity index (χ0v) is 22.5. The minimum absolute atomic E-state index is 0.145. The fourth-order valence-corrected chi connectivity index (χ4v) is 6.30. The first kappa shape index (κ1) is 27.1. The van der Waals surface area contributed by atoms with Crippen LogP contribution in [0.25, 0.3) is 27.4 Å². The van der Waals surface area contributed by atoms with Gasteiger partial charge in [-0.15, -0.1) is 9.35 Å².